The Morgan fingerprint density at radius 1 is 0.941 bits per heavy atom. The maximum absolute atomic E-state index is 8.81. The van der Waals surface area contributed by atoms with Crippen molar-refractivity contribution in [3.05, 3.63) is 0 Å². The van der Waals surface area contributed by atoms with Crippen LogP contribution in [0.15, 0.2) is 0 Å². The molecule has 0 radical (unpaired) electrons. The van der Waals surface area contributed by atoms with E-state index in [1.165, 1.54) is 38.5 Å². The molecule has 100 valence electrons. The molecule has 0 heterocycles. The molecular weight excluding hydrogens is 208 g/mol. The van der Waals surface area contributed by atoms with Gasteiger partial charge in [-0.2, -0.15) is 5.26 Å². The molecule has 0 aliphatic rings. The van der Waals surface area contributed by atoms with Crippen molar-refractivity contribution in [2.24, 2.45) is 0 Å². The van der Waals surface area contributed by atoms with Crippen molar-refractivity contribution >= 4 is 0 Å². The Balaban J connectivity index is 4.61. The van der Waals surface area contributed by atoms with Crippen molar-refractivity contribution in [2.75, 3.05) is 6.54 Å². The van der Waals surface area contributed by atoms with Gasteiger partial charge in [0, 0.05) is 25.0 Å². The topological polar surface area (TPSA) is 27.0 Å². The van der Waals surface area contributed by atoms with E-state index in [2.05, 4.69) is 38.7 Å². The number of nitriles is 1. The smallest absolute Gasteiger partial charge is 0.0635 e. The molecule has 0 aliphatic carbocycles. The second kappa shape index (κ2) is 10.6. The van der Waals surface area contributed by atoms with Gasteiger partial charge in [0.1, 0.15) is 0 Å². The summed E-state index contributed by atoms with van der Waals surface area (Å²) in [6, 6.07) is 3.64. The first-order valence-corrected chi connectivity index (χ1v) is 7.37. The first-order chi connectivity index (χ1) is 8.24. The van der Waals surface area contributed by atoms with Gasteiger partial charge in [-0.25, -0.2) is 0 Å². The van der Waals surface area contributed by atoms with Crippen molar-refractivity contribution in [2.45, 2.75) is 84.7 Å². The number of rotatable bonds is 10. The van der Waals surface area contributed by atoms with Crippen molar-refractivity contribution in [1.29, 1.82) is 5.26 Å². The Hall–Kier alpha value is -0.550. The largest absolute Gasteiger partial charge is 0.296 e. The van der Waals surface area contributed by atoms with Crippen LogP contribution in [-0.4, -0.2) is 23.5 Å². The van der Waals surface area contributed by atoms with Gasteiger partial charge in [0.05, 0.1) is 6.07 Å². The second-order valence-electron chi connectivity index (χ2n) is 4.85. The Morgan fingerprint density at radius 2 is 1.41 bits per heavy atom. The summed E-state index contributed by atoms with van der Waals surface area (Å²) in [7, 11) is 0. The van der Waals surface area contributed by atoms with Crippen molar-refractivity contribution < 1.29 is 0 Å². The van der Waals surface area contributed by atoms with E-state index >= 15 is 0 Å². The zero-order valence-electron chi connectivity index (χ0n) is 12.2. The lowest BCUT2D eigenvalue weighted by atomic mass is 10.00. The zero-order chi connectivity index (χ0) is 13.1. The van der Waals surface area contributed by atoms with Crippen molar-refractivity contribution in [3.8, 4) is 6.07 Å². The van der Waals surface area contributed by atoms with Gasteiger partial charge in [0.2, 0.25) is 0 Å². The summed E-state index contributed by atoms with van der Waals surface area (Å²) in [4.78, 5) is 2.61. The second-order valence-corrected chi connectivity index (χ2v) is 4.85. The standard InChI is InChI=1S/C15H30N2/c1-5-10-14(7-3)17(13-9-12-16)15(8-4)11-6-2/h14-15H,5-11,13H2,1-4H3. The van der Waals surface area contributed by atoms with Gasteiger partial charge in [0.15, 0.2) is 0 Å². The van der Waals surface area contributed by atoms with Gasteiger partial charge >= 0.3 is 0 Å². The molecule has 0 saturated heterocycles. The fourth-order valence-electron chi connectivity index (χ4n) is 2.72. The third kappa shape index (κ3) is 6.07. The molecule has 2 unspecified atom stereocenters. The Morgan fingerprint density at radius 3 is 1.71 bits per heavy atom. The molecule has 0 spiro atoms. The van der Waals surface area contributed by atoms with Crippen LogP contribution in [0.3, 0.4) is 0 Å². The molecule has 0 aliphatic heterocycles. The summed E-state index contributed by atoms with van der Waals surface area (Å²) >= 11 is 0. The first-order valence-electron chi connectivity index (χ1n) is 7.37. The summed E-state index contributed by atoms with van der Waals surface area (Å²) in [5.41, 5.74) is 0. The molecule has 2 heteroatoms. The summed E-state index contributed by atoms with van der Waals surface area (Å²) < 4.78 is 0. The monoisotopic (exact) mass is 238 g/mol. The van der Waals surface area contributed by atoms with E-state index in [0.29, 0.717) is 18.5 Å². The predicted molar refractivity (Wildman–Crippen MR) is 74.9 cm³/mol. The van der Waals surface area contributed by atoms with E-state index in [1.54, 1.807) is 0 Å². The fraction of sp³-hybridized carbons (Fsp3) is 0.933. The summed E-state index contributed by atoms with van der Waals surface area (Å²) in [5, 5.41) is 8.81. The number of hydrogen-bond donors (Lipinski definition) is 0. The molecule has 0 aromatic rings. The number of hydrogen-bond acceptors (Lipinski definition) is 2. The average molecular weight is 238 g/mol. The highest BCUT2D eigenvalue weighted by Crippen LogP contribution is 2.20. The van der Waals surface area contributed by atoms with Gasteiger partial charge in [-0.05, 0) is 25.7 Å². The molecule has 0 saturated carbocycles. The third-order valence-electron chi connectivity index (χ3n) is 3.61. The maximum atomic E-state index is 8.81. The maximum Gasteiger partial charge on any atom is 0.0635 e. The molecule has 0 aromatic heterocycles. The van der Waals surface area contributed by atoms with Gasteiger partial charge in [-0.15, -0.1) is 0 Å². The lowest BCUT2D eigenvalue weighted by Crippen LogP contribution is -2.43. The van der Waals surface area contributed by atoms with E-state index < -0.39 is 0 Å². The van der Waals surface area contributed by atoms with E-state index in [0.717, 1.165) is 6.54 Å². The minimum absolute atomic E-state index is 0.667. The van der Waals surface area contributed by atoms with E-state index in [-0.39, 0.29) is 0 Å². The molecule has 0 aromatic carbocycles. The van der Waals surface area contributed by atoms with Crippen molar-refractivity contribution in [3.63, 3.8) is 0 Å². The highest BCUT2D eigenvalue weighted by molar-refractivity contribution is 4.81. The molecular formula is C15H30N2. The Kier molecular flexibility index (Phi) is 10.3. The van der Waals surface area contributed by atoms with Crippen LogP contribution in [0, 0.1) is 11.3 Å². The molecule has 17 heavy (non-hydrogen) atoms. The Bertz CT molecular complexity index is 193. The fourth-order valence-corrected chi connectivity index (χ4v) is 2.72. The van der Waals surface area contributed by atoms with Gasteiger partial charge in [-0.3, -0.25) is 4.90 Å². The van der Waals surface area contributed by atoms with E-state index in [1.807, 2.05) is 0 Å². The number of nitrogens with zero attached hydrogens (tertiary/aromatic N) is 2. The highest BCUT2D eigenvalue weighted by Gasteiger charge is 2.22. The zero-order valence-corrected chi connectivity index (χ0v) is 12.2. The minimum Gasteiger partial charge on any atom is -0.296 e. The van der Waals surface area contributed by atoms with Crippen LogP contribution in [0.25, 0.3) is 0 Å². The molecule has 0 N–H and O–H groups in total. The molecule has 0 rings (SSSR count). The lowest BCUT2D eigenvalue weighted by molar-refractivity contribution is 0.114. The van der Waals surface area contributed by atoms with Crippen LogP contribution in [0.5, 0.6) is 0 Å². The quantitative estimate of drug-likeness (QED) is 0.565. The normalized spacial score (nSPS) is 14.6. The molecule has 0 bridgehead atoms. The van der Waals surface area contributed by atoms with Gasteiger partial charge in [-0.1, -0.05) is 40.5 Å². The van der Waals surface area contributed by atoms with Crippen LogP contribution in [0.2, 0.25) is 0 Å². The third-order valence-corrected chi connectivity index (χ3v) is 3.61. The van der Waals surface area contributed by atoms with E-state index in [9.17, 15) is 0 Å². The SMILES string of the molecule is CCCC(CC)N(CCC#N)C(CC)CCC. The van der Waals surface area contributed by atoms with Gasteiger partial charge in [0.25, 0.3) is 0 Å². The van der Waals surface area contributed by atoms with Crippen LogP contribution < -0.4 is 0 Å². The lowest BCUT2D eigenvalue weighted by Gasteiger charge is -2.37. The van der Waals surface area contributed by atoms with Crippen LogP contribution in [-0.2, 0) is 0 Å². The van der Waals surface area contributed by atoms with Crippen molar-refractivity contribution in [1.82, 2.24) is 4.90 Å². The Labute approximate surface area is 108 Å². The summed E-state index contributed by atoms with van der Waals surface area (Å²) in [5.74, 6) is 0. The summed E-state index contributed by atoms with van der Waals surface area (Å²) in [6.45, 7) is 10.0. The molecule has 2 atom stereocenters. The minimum atomic E-state index is 0.667. The molecule has 0 fully saturated rings. The predicted octanol–water partition coefficient (Wildman–Crippen LogP) is 4.36. The first kappa shape index (κ1) is 16.4. The summed E-state index contributed by atoms with van der Waals surface area (Å²) in [6.07, 6.45) is 8.10. The van der Waals surface area contributed by atoms with Crippen LogP contribution in [0.1, 0.15) is 72.6 Å². The molecule has 0 amide bonds. The average Bonchev–Trinajstić information content (AvgIpc) is 2.36. The van der Waals surface area contributed by atoms with Crippen LogP contribution >= 0.6 is 0 Å². The molecule has 2 nitrogen and oxygen atoms in total. The van der Waals surface area contributed by atoms with Crippen LogP contribution in [0.4, 0.5) is 0 Å². The highest BCUT2D eigenvalue weighted by atomic mass is 15.2. The van der Waals surface area contributed by atoms with E-state index in [4.69, 9.17) is 5.26 Å². The van der Waals surface area contributed by atoms with Gasteiger partial charge < -0.3 is 0 Å².